The standard InChI is InChI=1S/C27H25F3N4O4/c1-16-11-18(7-8-31-16)17-5-4-6-19(12-17)24(35)15-25(36)32-21-13-20(27(28,29)30)23(34-9-2-3-10-34)14-22(21)33-26(37)38/h4-8,11-14,33H,2-3,9-10,15H2,1H3,(H,32,36)(H,37,38). The molecular weight excluding hydrogens is 501 g/mol. The number of anilines is 3. The van der Waals surface area contributed by atoms with Gasteiger partial charge in [0.1, 0.15) is 0 Å². The first-order valence-electron chi connectivity index (χ1n) is 11.9. The number of carbonyl (C=O) groups is 3. The highest BCUT2D eigenvalue weighted by Crippen LogP contribution is 2.42. The molecular formula is C27H25F3N4O4. The van der Waals surface area contributed by atoms with Crippen LogP contribution in [0.2, 0.25) is 0 Å². The fourth-order valence-corrected chi connectivity index (χ4v) is 4.40. The molecule has 8 nitrogen and oxygen atoms in total. The molecule has 2 aromatic carbocycles. The van der Waals surface area contributed by atoms with E-state index >= 15 is 0 Å². The Morgan fingerprint density at radius 2 is 1.66 bits per heavy atom. The van der Waals surface area contributed by atoms with Crippen molar-refractivity contribution in [3.8, 4) is 11.1 Å². The van der Waals surface area contributed by atoms with Gasteiger partial charge in [-0.1, -0.05) is 18.2 Å². The van der Waals surface area contributed by atoms with E-state index in [1.165, 1.54) is 11.0 Å². The first-order valence-corrected chi connectivity index (χ1v) is 11.9. The molecule has 3 N–H and O–H groups in total. The van der Waals surface area contributed by atoms with E-state index in [1.54, 1.807) is 30.5 Å². The Labute approximate surface area is 216 Å². The normalized spacial score (nSPS) is 13.3. The van der Waals surface area contributed by atoms with Crippen LogP contribution in [0.15, 0.2) is 54.7 Å². The molecule has 0 radical (unpaired) electrons. The number of amides is 2. The summed E-state index contributed by atoms with van der Waals surface area (Å²) in [6.07, 6.45) is -3.85. The molecule has 1 saturated heterocycles. The lowest BCUT2D eigenvalue weighted by atomic mass is 10.0. The van der Waals surface area contributed by atoms with Gasteiger partial charge in [0.15, 0.2) is 5.78 Å². The number of aryl methyl sites for hydroxylation is 1. The average molecular weight is 527 g/mol. The molecule has 198 valence electrons. The van der Waals surface area contributed by atoms with E-state index < -0.39 is 35.9 Å². The van der Waals surface area contributed by atoms with Gasteiger partial charge in [-0.05, 0) is 61.2 Å². The Bertz CT molecular complexity index is 1380. The summed E-state index contributed by atoms with van der Waals surface area (Å²) in [7, 11) is 0. The molecule has 3 aromatic rings. The lowest BCUT2D eigenvalue weighted by Gasteiger charge is -2.25. The van der Waals surface area contributed by atoms with Crippen molar-refractivity contribution in [2.75, 3.05) is 28.6 Å². The lowest BCUT2D eigenvalue weighted by Crippen LogP contribution is -2.24. The third-order valence-corrected chi connectivity index (χ3v) is 6.14. The molecule has 11 heteroatoms. The van der Waals surface area contributed by atoms with Crippen LogP contribution in [-0.2, 0) is 11.0 Å². The summed E-state index contributed by atoms with van der Waals surface area (Å²) in [4.78, 5) is 42.6. The summed E-state index contributed by atoms with van der Waals surface area (Å²) in [5.74, 6) is -1.43. The first kappa shape index (κ1) is 26.6. The van der Waals surface area contributed by atoms with Crippen molar-refractivity contribution in [2.24, 2.45) is 0 Å². The van der Waals surface area contributed by atoms with Crippen molar-refractivity contribution in [1.82, 2.24) is 4.98 Å². The number of aromatic nitrogens is 1. The Balaban J connectivity index is 1.58. The molecule has 0 atom stereocenters. The van der Waals surface area contributed by atoms with Crippen LogP contribution in [0.25, 0.3) is 11.1 Å². The molecule has 1 aromatic heterocycles. The quantitative estimate of drug-likeness (QED) is 0.258. The van der Waals surface area contributed by atoms with E-state index in [1.807, 2.05) is 13.0 Å². The molecule has 0 spiro atoms. The lowest BCUT2D eigenvalue weighted by molar-refractivity contribution is -0.137. The molecule has 2 heterocycles. The summed E-state index contributed by atoms with van der Waals surface area (Å²) >= 11 is 0. The zero-order chi connectivity index (χ0) is 27.4. The van der Waals surface area contributed by atoms with Crippen LogP contribution in [0.3, 0.4) is 0 Å². The summed E-state index contributed by atoms with van der Waals surface area (Å²) < 4.78 is 41.7. The van der Waals surface area contributed by atoms with Crippen LogP contribution in [0.5, 0.6) is 0 Å². The first-order chi connectivity index (χ1) is 18.0. The number of halogens is 3. The van der Waals surface area contributed by atoms with E-state index in [2.05, 4.69) is 15.6 Å². The van der Waals surface area contributed by atoms with E-state index in [0.29, 0.717) is 32.0 Å². The van der Waals surface area contributed by atoms with E-state index in [-0.39, 0.29) is 22.6 Å². The van der Waals surface area contributed by atoms with Gasteiger partial charge in [0.2, 0.25) is 5.91 Å². The largest absolute Gasteiger partial charge is 0.465 e. The molecule has 1 aliphatic rings. The van der Waals surface area contributed by atoms with Gasteiger partial charge in [-0.3, -0.25) is 19.9 Å². The predicted molar refractivity (Wildman–Crippen MR) is 137 cm³/mol. The van der Waals surface area contributed by atoms with E-state index in [9.17, 15) is 32.7 Å². The maximum absolute atomic E-state index is 13.9. The van der Waals surface area contributed by atoms with Crippen LogP contribution in [0.4, 0.5) is 35.0 Å². The highest BCUT2D eigenvalue weighted by Gasteiger charge is 2.37. The number of carbonyl (C=O) groups excluding carboxylic acids is 2. The molecule has 1 fully saturated rings. The van der Waals surface area contributed by atoms with Crippen LogP contribution < -0.4 is 15.5 Å². The molecule has 0 bridgehead atoms. The monoisotopic (exact) mass is 526 g/mol. The van der Waals surface area contributed by atoms with Crippen molar-refractivity contribution in [2.45, 2.75) is 32.4 Å². The minimum atomic E-state index is -4.75. The number of hydrogen-bond donors (Lipinski definition) is 3. The topological polar surface area (TPSA) is 112 Å². The third kappa shape index (κ3) is 6.28. The SMILES string of the molecule is Cc1cc(-c2cccc(C(=O)CC(=O)Nc3cc(C(F)(F)F)c(N4CCCC4)cc3NC(=O)O)c2)ccn1. The number of Topliss-reactive ketones (excluding diaryl/α,β-unsaturated/α-hetero) is 1. The predicted octanol–water partition coefficient (Wildman–Crippen LogP) is 5.98. The fourth-order valence-electron chi connectivity index (χ4n) is 4.40. The maximum atomic E-state index is 13.9. The average Bonchev–Trinajstić information content (AvgIpc) is 3.39. The van der Waals surface area contributed by atoms with Gasteiger partial charge >= 0.3 is 12.3 Å². The van der Waals surface area contributed by atoms with Gasteiger partial charge in [0.25, 0.3) is 0 Å². The van der Waals surface area contributed by atoms with Crippen molar-refractivity contribution in [3.63, 3.8) is 0 Å². The fraction of sp³-hybridized carbons (Fsp3) is 0.259. The number of benzene rings is 2. The van der Waals surface area contributed by atoms with E-state index in [4.69, 9.17) is 0 Å². The maximum Gasteiger partial charge on any atom is 0.418 e. The summed E-state index contributed by atoms with van der Waals surface area (Å²) in [5, 5.41) is 13.6. The Morgan fingerprint density at radius 3 is 2.32 bits per heavy atom. The van der Waals surface area contributed by atoms with Crippen molar-refractivity contribution >= 4 is 34.8 Å². The Hall–Kier alpha value is -4.41. The van der Waals surface area contributed by atoms with Crippen LogP contribution in [-0.4, -0.2) is 41.0 Å². The van der Waals surface area contributed by atoms with E-state index in [0.717, 1.165) is 22.9 Å². The summed E-state index contributed by atoms with van der Waals surface area (Å²) in [5.41, 5.74) is 0.827. The Morgan fingerprint density at radius 1 is 0.974 bits per heavy atom. The van der Waals surface area contributed by atoms with Gasteiger partial charge in [-0.25, -0.2) is 4.79 Å². The molecule has 4 rings (SSSR count). The number of ketones is 1. The van der Waals surface area contributed by atoms with Crippen LogP contribution in [0.1, 0.15) is 40.9 Å². The Kier molecular flexibility index (Phi) is 7.65. The zero-order valence-corrected chi connectivity index (χ0v) is 20.4. The van der Waals surface area contributed by atoms with Gasteiger partial charge in [-0.2, -0.15) is 13.2 Å². The molecule has 0 unspecified atom stereocenters. The smallest absolute Gasteiger partial charge is 0.418 e. The number of nitrogens with one attached hydrogen (secondary N) is 2. The second kappa shape index (κ2) is 10.9. The summed E-state index contributed by atoms with van der Waals surface area (Å²) in [6.45, 7) is 2.63. The van der Waals surface area contributed by atoms with Crippen LogP contribution in [0, 0.1) is 6.92 Å². The van der Waals surface area contributed by atoms with Crippen LogP contribution >= 0.6 is 0 Å². The second-order valence-corrected chi connectivity index (χ2v) is 8.95. The van der Waals surface area contributed by atoms with Crippen molar-refractivity contribution in [1.29, 1.82) is 0 Å². The minimum absolute atomic E-state index is 0.170. The van der Waals surface area contributed by atoms with Crippen molar-refractivity contribution in [3.05, 3.63) is 71.5 Å². The zero-order valence-electron chi connectivity index (χ0n) is 20.4. The number of alkyl halides is 3. The highest BCUT2D eigenvalue weighted by molar-refractivity contribution is 6.12. The van der Waals surface area contributed by atoms with Gasteiger partial charge in [0.05, 0.1) is 29.0 Å². The third-order valence-electron chi connectivity index (χ3n) is 6.14. The van der Waals surface area contributed by atoms with Gasteiger partial charge < -0.3 is 15.3 Å². The van der Waals surface area contributed by atoms with Gasteiger partial charge in [-0.15, -0.1) is 0 Å². The molecule has 1 aliphatic heterocycles. The van der Waals surface area contributed by atoms with Gasteiger partial charge in [0, 0.05) is 30.5 Å². The second-order valence-electron chi connectivity index (χ2n) is 8.95. The molecule has 0 saturated carbocycles. The number of hydrogen-bond acceptors (Lipinski definition) is 5. The molecule has 38 heavy (non-hydrogen) atoms. The number of pyridine rings is 1. The number of carboxylic acid groups (broad SMARTS) is 1. The molecule has 0 aliphatic carbocycles. The molecule has 2 amide bonds. The summed E-state index contributed by atoms with van der Waals surface area (Å²) in [6, 6.07) is 12.0. The number of rotatable bonds is 7. The minimum Gasteiger partial charge on any atom is -0.465 e. The van der Waals surface area contributed by atoms with Crippen molar-refractivity contribution < 1.29 is 32.7 Å². The highest BCUT2D eigenvalue weighted by atomic mass is 19.4. The number of nitrogens with zero attached hydrogens (tertiary/aromatic N) is 2.